The number of rotatable bonds is 9. The van der Waals surface area contributed by atoms with Gasteiger partial charge in [0.1, 0.15) is 6.61 Å². The van der Waals surface area contributed by atoms with Crippen molar-refractivity contribution >= 4 is 0 Å². The van der Waals surface area contributed by atoms with Crippen molar-refractivity contribution in [1.82, 2.24) is 0 Å². The van der Waals surface area contributed by atoms with Crippen LogP contribution in [-0.2, 0) is 13.0 Å². The van der Waals surface area contributed by atoms with Crippen LogP contribution >= 0.6 is 0 Å². The fraction of sp³-hybridized carbons (Fsp3) is 0.333. The Morgan fingerprint density at radius 1 is 0.923 bits per heavy atom. The summed E-state index contributed by atoms with van der Waals surface area (Å²) < 4.78 is 50.8. The van der Waals surface area contributed by atoms with Crippen molar-refractivity contribution < 1.29 is 22.6 Å². The minimum atomic E-state index is -1.05. The average molecular weight is 364 g/mol. The third kappa shape index (κ3) is 5.83. The Hall–Kier alpha value is -2.43. The van der Waals surface area contributed by atoms with E-state index in [1.807, 2.05) is 24.3 Å². The Balaban J connectivity index is 1.90. The summed E-state index contributed by atoms with van der Waals surface area (Å²) in [6.07, 6.45) is 4.00. The van der Waals surface area contributed by atoms with E-state index in [0.29, 0.717) is 6.42 Å². The quantitative estimate of drug-likeness (QED) is 0.498. The second-order valence-corrected chi connectivity index (χ2v) is 5.91. The Morgan fingerprint density at radius 2 is 1.50 bits per heavy atom. The van der Waals surface area contributed by atoms with Gasteiger partial charge in [-0.3, -0.25) is 0 Å². The first-order chi connectivity index (χ1) is 12.5. The Bertz CT molecular complexity index is 736. The van der Waals surface area contributed by atoms with Crippen LogP contribution < -0.4 is 9.47 Å². The molecule has 0 unspecified atom stereocenters. The van der Waals surface area contributed by atoms with E-state index >= 15 is 0 Å². The molecule has 0 aliphatic carbocycles. The maximum absolute atomic E-state index is 14.0. The molecule has 0 heterocycles. The minimum Gasteiger partial charge on any atom is -0.491 e. The largest absolute Gasteiger partial charge is 0.491 e. The highest BCUT2D eigenvalue weighted by Crippen LogP contribution is 2.28. The molecule has 0 atom stereocenters. The molecule has 26 heavy (non-hydrogen) atoms. The lowest BCUT2D eigenvalue weighted by Gasteiger charge is -2.11. The lowest BCUT2D eigenvalue weighted by atomic mass is 10.1. The van der Waals surface area contributed by atoms with Gasteiger partial charge in [-0.05, 0) is 56.4 Å². The highest BCUT2D eigenvalue weighted by Gasteiger charge is 2.15. The zero-order chi connectivity index (χ0) is 18.9. The number of allylic oxidation sites excluding steroid dienone is 2. The molecule has 140 valence electrons. The van der Waals surface area contributed by atoms with Crippen LogP contribution in [-0.4, -0.2) is 6.61 Å². The first-order valence-electron chi connectivity index (χ1n) is 8.65. The predicted octanol–water partition coefficient (Wildman–Crippen LogP) is 6.14. The molecule has 0 saturated heterocycles. The smallest absolute Gasteiger partial charge is 0.204 e. The third-order valence-corrected chi connectivity index (χ3v) is 3.82. The zero-order valence-electron chi connectivity index (χ0n) is 15.0. The maximum atomic E-state index is 14.0. The first-order valence-corrected chi connectivity index (χ1v) is 8.65. The van der Waals surface area contributed by atoms with Crippen LogP contribution in [0.2, 0.25) is 0 Å². The summed E-state index contributed by atoms with van der Waals surface area (Å²) in [6, 6.07) is 10.4. The van der Waals surface area contributed by atoms with Crippen molar-refractivity contribution in [2.75, 3.05) is 6.61 Å². The standard InChI is InChI=1S/C21H23F3O2/c1-3-25-18-12-13-19(21(24)20(18)23)26-14-17-10-8-16(9-11-17)7-5-4-6-15(2)22/h6,8-13H,3-5,7,14H2,1-2H3/b15-6-. The molecule has 2 aromatic carbocycles. The Labute approximate surface area is 152 Å². The van der Waals surface area contributed by atoms with Gasteiger partial charge in [0, 0.05) is 0 Å². The summed E-state index contributed by atoms with van der Waals surface area (Å²) in [6.45, 7) is 3.53. The second-order valence-electron chi connectivity index (χ2n) is 5.91. The highest BCUT2D eigenvalue weighted by molar-refractivity contribution is 5.35. The lowest BCUT2D eigenvalue weighted by molar-refractivity contribution is 0.274. The second kappa shape index (κ2) is 9.90. The molecule has 0 fully saturated rings. The normalized spacial score (nSPS) is 11.5. The molecule has 2 rings (SSSR count). The van der Waals surface area contributed by atoms with E-state index in [4.69, 9.17) is 9.47 Å². The van der Waals surface area contributed by atoms with Crippen molar-refractivity contribution in [2.45, 2.75) is 39.7 Å². The van der Waals surface area contributed by atoms with Crippen LogP contribution in [0, 0.1) is 11.6 Å². The molecular weight excluding hydrogens is 341 g/mol. The SMILES string of the molecule is CCOc1ccc(OCc2ccc(CCC/C=C(/C)F)cc2)c(F)c1F. The number of unbranched alkanes of at least 4 members (excludes halogenated alkanes) is 1. The molecule has 0 bridgehead atoms. The molecule has 0 aliphatic rings. The van der Waals surface area contributed by atoms with Crippen LogP contribution in [0.4, 0.5) is 13.2 Å². The first kappa shape index (κ1) is 19.9. The van der Waals surface area contributed by atoms with Crippen LogP contribution in [0.1, 0.15) is 37.8 Å². The van der Waals surface area contributed by atoms with E-state index in [9.17, 15) is 13.2 Å². The van der Waals surface area contributed by atoms with Gasteiger partial charge in [0.25, 0.3) is 0 Å². The summed E-state index contributed by atoms with van der Waals surface area (Å²) in [5, 5.41) is 0. The number of hydrogen-bond acceptors (Lipinski definition) is 2. The molecule has 0 amide bonds. The van der Waals surface area contributed by atoms with E-state index in [-0.39, 0.29) is 30.5 Å². The van der Waals surface area contributed by atoms with Crippen molar-refractivity contribution in [1.29, 1.82) is 0 Å². The van der Waals surface area contributed by atoms with Gasteiger partial charge in [0.05, 0.1) is 12.4 Å². The molecular formula is C21H23F3O2. The zero-order valence-corrected chi connectivity index (χ0v) is 15.0. The molecule has 0 saturated carbocycles. The van der Waals surface area contributed by atoms with Gasteiger partial charge >= 0.3 is 0 Å². The fourth-order valence-electron chi connectivity index (χ4n) is 2.46. The van der Waals surface area contributed by atoms with E-state index < -0.39 is 11.6 Å². The van der Waals surface area contributed by atoms with E-state index in [1.54, 1.807) is 13.0 Å². The average Bonchev–Trinajstić information content (AvgIpc) is 2.63. The van der Waals surface area contributed by atoms with Crippen LogP contribution in [0.3, 0.4) is 0 Å². The number of benzene rings is 2. The van der Waals surface area contributed by atoms with E-state index in [0.717, 1.165) is 24.0 Å². The number of aryl methyl sites for hydroxylation is 1. The summed E-state index contributed by atoms with van der Waals surface area (Å²) in [7, 11) is 0. The predicted molar refractivity (Wildman–Crippen MR) is 96.1 cm³/mol. The molecule has 0 aliphatic heterocycles. The Kier molecular flexibility index (Phi) is 7.57. The highest BCUT2D eigenvalue weighted by atomic mass is 19.2. The molecule has 0 spiro atoms. The van der Waals surface area contributed by atoms with E-state index in [2.05, 4.69) is 0 Å². The molecule has 0 radical (unpaired) electrons. The van der Waals surface area contributed by atoms with Crippen molar-refractivity contribution in [3.63, 3.8) is 0 Å². The van der Waals surface area contributed by atoms with E-state index in [1.165, 1.54) is 19.1 Å². The van der Waals surface area contributed by atoms with Gasteiger partial charge in [-0.1, -0.05) is 30.3 Å². The summed E-state index contributed by atoms with van der Waals surface area (Å²) >= 11 is 0. The molecule has 2 aromatic rings. The third-order valence-electron chi connectivity index (χ3n) is 3.82. The van der Waals surface area contributed by atoms with Gasteiger partial charge in [-0.2, -0.15) is 8.78 Å². The van der Waals surface area contributed by atoms with Gasteiger partial charge in [0.2, 0.25) is 11.6 Å². The van der Waals surface area contributed by atoms with Crippen molar-refractivity contribution in [3.8, 4) is 11.5 Å². The van der Waals surface area contributed by atoms with Crippen LogP contribution in [0.15, 0.2) is 48.3 Å². The number of hydrogen-bond donors (Lipinski definition) is 0. The maximum Gasteiger partial charge on any atom is 0.204 e. The van der Waals surface area contributed by atoms with Crippen molar-refractivity contribution in [3.05, 3.63) is 71.1 Å². The lowest BCUT2D eigenvalue weighted by Crippen LogP contribution is -2.02. The Morgan fingerprint density at radius 3 is 2.08 bits per heavy atom. The van der Waals surface area contributed by atoms with Gasteiger partial charge in [-0.15, -0.1) is 0 Å². The van der Waals surface area contributed by atoms with Crippen LogP contribution in [0.5, 0.6) is 11.5 Å². The summed E-state index contributed by atoms with van der Waals surface area (Å²) in [5.41, 5.74) is 1.99. The number of ether oxygens (including phenoxy) is 2. The summed E-state index contributed by atoms with van der Waals surface area (Å²) in [4.78, 5) is 0. The molecule has 2 nitrogen and oxygen atoms in total. The number of halogens is 3. The monoisotopic (exact) mass is 364 g/mol. The summed E-state index contributed by atoms with van der Waals surface area (Å²) in [5.74, 6) is -2.53. The molecule has 0 aromatic heterocycles. The molecule has 0 N–H and O–H groups in total. The van der Waals surface area contributed by atoms with Gasteiger partial charge < -0.3 is 9.47 Å². The molecule has 5 heteroatoms. The van der Waals surface area contributed by atoms with Gasteiger partial charge in [0.15, 0.2) is 11.5 Å². The minimum absolute atomic E-state index is 0.125. The topological polar surface area (TPSA) is 18.5 Å². The van der Waals surface area contributed by atoms with Crippen molar-refractivity contribution in [2.24, 2.45) is 0 Å². The van der Waals surface area contributed by atoms with Gasteiger partial charge in [-0.25, -0.2) is 4.39 Å². The van der Waals surface area contributed by atoms with Crippen LogP contribution in [0.25, 0.3) is 0 Å². The fourth-order valence-corrected chi connectivity index (χ4v) is 2.46.